The molecule has 2 saturated carbocycles. The summed E-state index contributed by atoms with van der Waals surface area (Å²) in [6.45, 7) is 2.42. The van der Waals surface area contributed by atoms with E-state index < -0.39 is 10.0 Å². The first-order valence-electron chi connectivity index (χ1n) is 10.6. The number of fused-ring (bicyclic) bond motifs is 3. The summed E-state index contributed by atoms with van der Waals surface area (Å²) in [7, 11) is -3.35. The molecule has 5 rings (SSSR count). The summed E-state index contributed by atoms with van der Waals surface area (Å²) in [6.07, 6.45) is 7.65. The molecule has 2 aliphatic rings. The molecule has 10 heteroatoms. The average molecular weight is 428 g/mol. The molecule has 3 aromatic heterocycles. The summed E-state index contributed by atoms with van der Waals surface area (Å²) in [6, 6.07) is 3.98. The SMILES string of the molecule is CC[C@@H]1C[C@H](N(CCC#N)S(=O)(=O)C2CC2)C[C@@H]1c1nnc2cnc3[nH]ccc3n12. The molecule has 30 heavy (non-hydrogen) atoms. The van der Waals surface area contributed by atoms with E-state index in [1.165, 1.54) is 0 Å². The van der Waals surface area contributed by atoms with Crippen molar-refractivity contribution >= 4 is 26.8 Å². The fourth-order valence-electron chi connectivity index (χ4n) is 4.97. The highest BCUT2D eigenvalue weighted by Gasteiger charge is 2.47. The molecule has 0 radical (unpaired) electrons. The minimum absolute atomic E-state index is 0.102. The molecule has 0 saturated heterocycles. The van der Waals surface area contributed by atoms with Gasteiger partial charge in [0.1, 0.15) is 5.82 Å². The summed E-state index contributed by atoms with van der Waals surface area (Å²) in [4.78, 5) is 7.52. The molecule has 158 valence electrons. The zero-order valence-corrected chi connectivity index (χ0v) is 17.7. The molecular formula is C20H25N7O2S. The molecule has 0 unspecified atom stereocenters. The first kappa shape index (κ1) is 19.5. The molecule has 1 N–H and O–H groups in total. The largest absolute Gasteiger partial charge is 0.345 e. The van der Waals surface area contributed by atoms with Crippen molar-refractivity contribution in [3.05, 3.63) is 24.3 Å². The van der Waals surface area contributed by atoms with Crippen LogP contribution in [0.4, 0.5) is 0 Å². The summed E-state index contributed by atoms with van der Waals surface area (Å²) >= 11 is 0. The Balaban J connectivity index is 1.52. The van der Waals surface area contributed by atoms with Crippen LogP contribution in [0.25, 0.3) is 16.8 Å². The lowest BCUT2D eigenvalue weighted by atomic mass is 9.93. The first-order valence-corrected chi connectivity index (χ1v) is 12.1. The number of sulfonamides is 1. The number of nitriles is 1. The Kier molecular flexibility index (Phi) is 4.75. The molecule has 3 aromatic rings. The Morgan fingerprint density at radius 2 is 2.17 bits per heavy atom. The van der Waals surface area contributed by atoms with Crippen molar-refractivity contribution in [1.82, 2.24) is 28.9 Å². The van der Waals surface area contributed by atoms with Crippen LogP contribution in [0.5, 0.6) is 0 Å². The van der Waals surface area contributed by atoms with E-state index in [1.807, 2.05) is 16.7 Å². The van der Waals surface area contributed by atoms with Crippen LogP contribution in [0.3, 0.4) is 0 Å². The summed E-state index contributed by atoms with van der Waals surface area (Å²) in [5.74, 6) is 1.29. The third-order valence-electron chi connectivity index (χ3n) is 6.62. The van der Waals surface area contributed by atoms with Crippen molar-refractivity contribution in [2.45, 2.75) is 62.7 Å². The van der Waals surface area contributed by atoms with Gasteiger partial charge < -0.3 is 4.98 Å². The Morgan fingerprint density at radius 1 is 1.33 bits per heavy atom. The number of hydrogen-bond donors (Lipinski definition) is 1. The second-order valence-corrected chi connectivity index (χ2v) is 10.6. The normalized spacial score (nSPS) is 24.8. The Hall–Kier alpha value is -2.51. The van der Waals surface area contributed by atoms with Gasteiger partial charge >= 0.3 is 0 Å². The predicted molar refractivity (Wildman–Crippen MR) is 111 cm³/mol. The second kappa shape index (κ2) is 7.32. The van der Waals surface area contributed by atoms with Crippen LogP contribution in [-0.4, -0.2) is 55.1 Å². The van der Waals surface area contributed by atoms with Crippen molar-refractivity contribution in [3.8, 4) is 6.07 Å². The first-order chi connectivity index (χ1) is 14.5. The topological polar surface area (TPSA) is 120 Å². The number of aromatic amines is 1. The molecule has 2 fully saturated rings. The number of nitrogens with zero attached hydrogens (tertiary/aromatic N) is 6. The molecule has 0 aromatic carbocycles. The standard InChI is InChI=1S/C20H25N7O2S/c1-2-13-10-14(26(9-3-7-21)30(28,29)15-4-5-15)11-16(13)20-25-24-18-12-23-19-17(27(18)20)6-8-22-19/h6,8,12-16,22H,2-5,9-11H2,1H3/t13-,14+,16+/m1/s1. The van der Waals surface area contributed by atoms with Crippen LogP contribution in [0.2, 0.25) is 0 Å². The highest BCUT2D eigenvalue weighted by molar-refractivity contribution is 7.90. The van der Waals surface area contributed by atoms with Crippen LogP contribution >= 0.6 is 0 Å². The van der Waals surface area contributed by atoms with Gasteiger partial charge in [0.05, 0.1) is 23.0 Å². The Labute approximate surface area is 175 Å². The highest BCUT2D eigenvalue weighted by atomic mass is 32.2. The van der Waals surface area contributed by atoms with Gasteiger partial charge in [-0.3, -0.25) is 4.40 Å². The van der Waals surface area contributed by atoms with Crippen molar-refractivity contribution in [2.24, 2.45) is 5.92 Å². The summed E-state index contributed by atoms with van der Waals surface area (Å²) < 4.78 is 29.9. The van der Waals surface area contributed by atoms with Crippen LogP contribution in [0, 0.1) is 17.2 Å². The zero-order valence-electron chi connectivity index (χ0n) is 16.9. The van der Waals surface area contributed by atoms with Gasteiger partial charge in [-0.25, -0.2) is 13.4 Å². The Bertz CT molecular complexity index is 1220. The maximum atomic E-state index is 13.1. The van der Waals surface area contributed by atoms with Crippen molar-refractivity contribution in [1.29, 1.82) is 5.26 Å². The maximum absolute atomic E-state index is 13.1. The lowest BCUT2D eigenvalue weighted by molar-refractivity contribution is 0.318. The zero-order chi connectivity index (χ0) is 20.9. The van der Waals surface area contributed by atoms with Gasteiger partial charge in [-0.15, -0.1) is 10.2 Å². The summed E-state index contributed by atoms with van der Waals surface area (Å²) in [5, 5.41) is 17.6. The quantitative estimate of drug-likeness (QED) is 0.619. The van der Waals surface area contributed by atoms with E-state index in [9.17, 15) is 8.42 Å². The van der Waals surface area contributed by atoms with Crippen molar-refractivity contribution in [3.63, 3.8) is 0 Å². The lowest BCUT2D eigenvalue weighted by Crippen LogP contribution is -2.41. The minimum Gasteiger partial charge on any atom is -0.345 e. The maximum Gasteiger partial charge on any atom is 0.217 e. The monoisotopic (exact) mass is 427 g/mol. The molecular weight excluding hydrogens is 402 g/mol. The van der Waals surface area contributed by atoms with Gasteiger partial charge in [-0.05, 0) is 37.7 Å². The molecule has 0 amide bonds. The fraction of sp³-hybridized carbons (Fsp3) is 0.600. The minimum atomic E-state index is -3.35. The van der Waals surface area contributed by atoms with Crippen molar-refractivity contribution < 1.29 is 8.42 Å². The molecule has 2 aliphatic carbocycles. The second-order valence-electron chi connectivity index (χ2n) is 8.38. The smallest absolute Gasteiger partial charge is 0.217 e. The third-order valence-corrected chi connectivity index (χ3v) is 9.06. The van der Waals surface area contributed by atoms with E-state index in [0.29, 0.717) is 18.0 Å². The van der Waals surface area contributed by atoms with E-state index in [-0.39, 0.29) is 30.2 Å². The van der Waals surface area contributed by atoms with E-state index >= 15 is 0 Å². The number of rotatable bonds is 7. The number of aromatic nitrogens is 5. The Morgan fingerprint density at radius 3 is 2.90 bits per heavy atom. The predicted octanol–water partition coefficient (Wildman–Crippen LogP) is 2.59. The van der Waals surface area contributed by atoms with E-state index in [2.05, 4.69) is 33.2 Å². The number of hydrogen-bond acceptors (Lipinski definition) is 6. The van der Waals surface area contributed by atoms with Gasteiger partial charge in [0.15, 0.2) is 11.3 Å². The average Bonchev–Trinajstić information content (AvgIpc) is 3.17. The highest BCUT2D eigenvalue weighted by Crippen LogP contribution is 2.45. The fourth-order valence-corrected chi connectivity index (χ4v) is 7.02. The number of H-pyrrole nitrogens is 1. The van der Waals surface area contributed by atoms with Gasteiger partial charge in [0.25, 0.3) is 0 Å². The molecule has 3 heterocycles. The molecule has 9 nitrogen and oxygen atoms in total. The van der Waals surface area contributed by atoms with Crippen LogP contribution in [-0.2, 0) is 10.0 Å². The van der Waals surface area contributed by atoms with Gasteiger partial charge in [0, 0.05) is 31.1 Å². The van der Waals surface area contributed by atoms with Gasteiger partial charge in [0.2, 0.25) is 10.0 Å². The lowest BCUT2D eigenvalue weighted by Gasteiger charge is -2.27. The van der Waals surface area contributed by atoms with Crippen LogP contribution in [0.15, 0.2) is 18.5 Å². The van der Waals surface area contributed by atoms with Crippen LogP contribution < -0.4 is 0 Å². The molecule has 0 aliphatic heterocycles. The third kappa shape index (κ3) is 3.08. The molecule has 3 atom stereocenters. The van der Waals surface area contributed by atoms with Gasteiger partial charge in [-0.2, -0.15) is 9.57 Å². The van der Waals surface area contributed by atoms with Gasteiger partial charge in [-0.1, -0.05) is 13.3 Å². The van der Waals surface area contributed by atoms with Crippen molar-refractivity contribution in [2.75, 3.05) is 6.54 Å². The van der Waals surface area contributed by atoms with Crippen LogP contribution in [0.1, 0.15) is 57.2 Å². The molecule has 0 bridgehead atoms. The van der Waals surface area contributed by atoms with E-state index in [1.54, 1.807) is 10.5 Å². The number of nitrogens with one attached hydrogen (secondary N) is 1. The summed E-state index contributed by atoms with van der Waals surface area (Å²) in [5.41, 5.74) is 2.40. The molecule has 0 spiro atoms. The van der Waals surface area contributed by atoms with E-state index in [4.69, 9.17) is 5.26 Å². The van der Waals surface area contributed by atoms with E-state index in [0.717, 1.165) is 42.7 Å².